The molecule has 0 saturated heterocycles. The molecule has 4 rings (SSSR count). The van der Waals surface area contributed by atoms with E-state index in [1.807, 2.05) is 42.5 Å². The summed E-state index contributed by atoms with van der Waals surface area (Å²) < 4.78 is 5.44. The molecule has 6 heteroatoms. The Balaban J connectivity index is 1.50. The van der Waals surface area contributed by atoms with Crippen LogP contribution in [0.5, 0.6) is 0 Å². The van der Waals surface area contributed by atoms with E-state index in [-0.39, 0.29) is 12.5 Å². The number of hydrogen-bond donors (Lipinski definition) is 2. The van der Waals surface area contributed by atoms with Crippen LogP contribution in [-0.2, 0) is 0 Å². The lowest BCUT2D eigenvalue weighted by Gasteiger charge is -2.14. The van der Waals surface area contributed by atoms with Gasteiger partial charge >= 0.3 is 0 Å². The van der Waals surface area contributed by atoms with Crippen LogP contribution in [-0.4, -0.2) is 27.8 Å². The van der Waals surface area contributed by atoms with Crippen molar-refractivity contribution in [3.63, 3.8) is 0 Å². The molecule has 0 unspecified atom stereocenters. The van der Waals surface area contributed by atoms with Gasteiger partial charge in [0, 0.05) is 13.5 Å². The van der Waals surface area contributed by atoms with Crippen LogP contribution in [0.2, 0.25) is 0 Å². The second kappa shape index (κ2) is 7.62. The maximum Gasteiger partial charge on any atom is 0.252 e. The van der Waals surface area contributed by atoms with Crippen molar-refractivity contribution in [1.82, 2.24) is 15.5 Å². The van der Waals surface area contributed by atoms with E-state index in [0.29, 0.717) is 22.9 Å². The minimum atomic E-state index is -0.814. The van der Waals surface area contributed by atoms with Crippen LogP contribution in [0.3, 0.4) is 0 Å². The Kier molecular flexibility index (Phi) is 4.87. The molecule has 1 heterocycles. The maximum atomic E-state index is 12.7. The predicted octanol–water partition coefficient (Wildman–Crippen LogP) is 3.66. The number of carbonyl (C=O) groups excluding carboxylic acids is 1. The highest BCUT2D eigenvalue weighted by molar-refractivity contribution is 6.00. The van der Waals surface area contributed by atoms with Crippen LogP contribution in [0.4, 0.5) is 0 Å². The number of nitrogens with one attached hydrogen (secondary N) is 1. The van der Waals surface area contributed by atoms with E-state index in [1.165, 1.54) is 0 Å². The summed E-state index contributed by atoms with van der Waals surface area (Å²) in [4.78, 5) is 12.7. The molecule has 140 valence electrons. The molecule has 4 aromatic rings. The SMILES string of the molecule is Cc1nnc(-c2ccccc2C(=O)NC[C@@H](O)c2ccc3ccccc3c2)o1. The molecule has 0 aliphatic carbocycles. The van der Waals surface area contributed by atoms with E-state index < -0.39 is 6.10 Å². The van der Waals surface area contributed by atoms with Crippen LogP contribution in [0, 0.1) is 6.92 Å². The van der Waals surface area contributed by atoms with Gasteiger partial charge in [0.1, 0.15) is 0 Å². The summed E-state index contributed by atoms with van der Waals surface area (Å²) in [5.41, 5.74) is 1.72. The summed E-state index contributed by atoms with van der Waals surface area (Å²) >= 11 is 0. The Morgan fingerprint density at radius 1 is 1.04 bits per heavy atom. The number of aryl methyl sites for hydroxylation is 1. The van der Waals surface area contributed by atoms with Crippen LogP contribution in [0.25, 0.3) is 22.2 Å². The molecule has 0 radical (unpaired) electrons. The van der Waals surface area contributed by atoms with Crippen molar-refractivity contribution in [1.29, 1.82) is 0 Å². The van der Waals surface area contributed by atoms with E-state index in [2.05, 4.69) is 15.5 Å². The molecule has 0 bridgehead atoms. The number of carbonyl (C=O) groups is 1. The van der Waals surface area contributed by atoms with Crippen LogP contribution in [0.1, 0.15) is 27.9 Å². The molecule has 0 saturated carbocycles. The Morgan fingerprint density at radius 2 is 1.79 bits per heavy atom. The van der Waals surface area contributed by atoms with Gasteiger partial charge in [-0.25, -0.2) is 0 Å². The van der Waals surface area contributed by atoms with Crippen molar-refractivity contribution in [3.8, 4) is 11.5 Å². The van der Waals surface area contributed by atoms with Gasteiger partial charge in [-0.3, -0.25) is 4.79 Å². The molecule has 1 aromatic heterocycles. The number of hydrogen-bond acceptors (Lipinski definition) is 5. The van der Waals surface area contributed by atoms with Crippen molar-refractivity contribution >= 4 is 16.7 Å². The number of aliphatic hydroxyl groups is 1. The summed E-state index contributed by atoms with van der Waals surface area (Å²) in [7, 11) is 0. The monoisotopic (exact) mass is 373 g/mol. The highest BCUT2D eigenvalue weighted by Crippen LogP contribution is 2.23. The van der Waals surface area contributed by atoms with Crippen molar-refractivity contribution < 1.29 is 14.3 Å². The Labute approximate surface area is 161 Å². The lowest BCUT2D eigenvalue weighted by Crippen LogP contribution is -2.28. The van der Waals surface area contributed by atoms with Gasteiger partial charge < -0.3 is 14.8 Å². The van der Waals surface area contributed by atoms with E-state index >= 15 is 0 Å². The number of amides is 1. The largest absolute Gasteiger partial charge is 0.421 e. The van der Waals surface area contributed by atoms with E-state index in [0.717, 1.165) is 16.3 Å². The second-order valence-electron chi connectivity index (χ2n) is 6.50. The zero-order chi connectivity index (χ0) is 19.5. The first-order chi connectivity index (χ1) is 13.6. The fraction of sp³-hybridized carbons (Fsp3) is 0.136. The molecule has 0 aliphatic rings. The van der Waals surface area contributed by atoms with Gasteiger partial charge in [0.25, 0.3) is 5.91 Å². The standard InChI is InChI=1S/C22H19N3O3/c1-14-24-25-22(28-14)19-9-5-4-8-18(19)21(27)23-13-20(26)17-11-10-15-6-2-3-7-16(15)12-17/h2-12,20,26H,13H2,1H3,(H,23,27)/t20-/m1/s1. The highest BCUT2D eigenvalue weighted by atomic mass is 16.4. The number of benzene rings is 3. The minimum absolute atomic E-state index is 0.0916. The van der Waals surface area contributed by atoms with Gasteiger partial charge in [-0.15, -0.1) is 10.2 Å². The molecule has 0 aliphatic heterocycles. The Morgan fingerprint density at radius 3 is 2.57 bits per heavy atom. The van der Waals surface area contributed by atoms with Gasteiger partial charge in [-0.1, -0.05) is 48.5 Å². The molecule has 1 atom stereocenters. The van der Waals surface area contributed by atoms with Gasteiger partial charge in [0.2, 0.25) is 11.8 Å². The van der Waals surface area contributed by atoms with Crippen molar-refractivity contribution in [2.24, 2.45) is 0 Å². The molecular weight excluding hydrogens is 354 g/mol. The molecule has 0 spiro atoms. The molecular formula is C22H19N3O3. The summed E-state index contributed by atoms with van der Waals surface area (Å²) in [6.45, 7) is 1.79. The quantitative estimate of drug-likeness (QED) is 0.557. The van der Waals surface area contributed by atoms with Crippen LogP contribution < -0.4 is 5.32 Å². The zero-order valence-corrected chi connectivity index (χ0v) is 15.3. The van der Waals surface area contributed by atoms with Gasteiger partial charge in [0.05, 0.1) is 17.2 Å². The first kappa shape index (κ1) is 17.9. The zero-order valence-electron chi connectivity index (χ0n) is 15.3. The average molecular weight is 373 g/mol. The third-order valence-electron chi connectivity index (χ3n) is 4.54. The summed E-state index contributed by atoms with van der Waals surface area (Å²) in [6.07, 6.45) is -0.814. The third-order valence-corrected chi connectivity index (χ3v) is 4.54. The lowest BCUT2D eigenvalue weighted by atomic mass is 10.0. The van der Waals surface area contributed by atoms with E-state index in [9.17, 15) is 9.90 Å². The molecule has 3 aromatic carbocycles. The number of fused-ring (bicyclic) bond motifs is 1. The van der Waals surface area contributed by atoms with Crippen LogP contribution >= 0.6 is 0 Å². The Bertz CT molecular complexity index is 1140. The maximum absolute atomic E-state index is 12.7. The highest BCUT2D eigenvalue weighted by Gasteiger charge is 2.17. The fourth-order valence-corrected chi connectivity index (χ4v) is 3.09. The molecule has 1 amide bonds. The van der Waals surface area contributed by atoms with Gasteiger partial charge in [0.15, 0.2) is 0 Å². The smallest absolute Gasteiger partial charge is 0.252 e. The molecule has 2 N–H and O–H groups in total. The summed E-state index contributed by atoms with van der Waals surface area (Å²) in [5, 5.41) is 23.2. The van der Waals surface area contributed by atoms with Gasteiger partial charge in [-0.05, 0) is 34.5 Å². The lowest BCUT2D eigenvalue weighted by molar-refractivity contribution is 0.0917. The first-order valence-electron chi connectivity index (χ1n) is 8.96. The number of rotatable bonds is 5. The average Bonchev–Trinajstić information content (AvgIpc) is 3.17. The Hall–Kier alpha value is -3.51. The number of aromatic nitrogens is 2. The molecule has 0 fully saturated rings. The van der Waals surface area contributed by atoms with Crippen molar-refractivity contribution in [3.05, 3.63) is 83.7 Å². The van der Waals surface area contributed by atoms with E-state index in [4.69, 9.17) is 4.42 Å². The number of aliphatic hydroxyl groups excluding tert-OH is 1. The number of nitrogens with zero attached hydrogens (tertiary/aromatic N) is 2. The topological polar surface area (TPSA) is 88.2 Å². The second-order valence-corrected chi connectivity index (χ2v) is 6.50. The predicted molar refractivity (Wildman–Crippen MR) is 106 cm³/mol. The van der Waals surface area contributed by atoms with Crippen molar-refractivity contribution in [2.75, 3.05) is 6.54 Å². The normalized spacial score (nSPS) is 12.1. The van der Waals surface area contributed by atoms with Gasteiger partial charge in [-0.2, -0.15) is 0 Å². The minimum Gasteiger partial charge on any atom is -0.421 e. The van der Waals surface area contributed by atoms with Crippen molar-refractivity contribution in [2.45, 2.75) is 13.0 Å². The fourth-order valence-electron chi connectivity index (χ4n) is 3.09. The third kappa shape index (κ3) is 3.63. The summed E-state index contributed by atoms with van der Waals surface area (Å²) in [6, 6.07) is 20.7. The summed E-state index contributed by atoms with van der Waals surface area (Å²) in [5.74, 6) is 0.404. The van der Waals surface area contributed by atoms with Crippen LogP contribution in [0.15, 0.2) is 71.1 Å². The molecule has 28 heavy (non-hydrogen) atoms. The molecule has 6 nitrogen and oxygen atoms in total. The first-order valence-corrected chi connectivity index (χ1v) is 8.96. The van der Waals surface area contributed by atoms with E-state index in [1.54, 1.807) is 31.2 Å².